The fourth-order valence-corrected chi connectivity index (χ4v) is 4.46. The minimum absolute atomic E-state index is 0.135. The number of sulfonamides is 1. The van der Waals surface area contributed by atoms with Crippen molar-refractivity contribution in [2.24, 2.45) is 0 Å². The Bertz CT molecular complexity index is 836. The molecule has 0 aliphatic carbocycles. The maximum Gasteiger partial charge on any atom is 0.244 e. The van der Waals surface area contributed by atoms with Crippen molar-refractivity contribution >= 4 is 26.0 Å². The number of aryl methyl sites for hydroxylation is 1. The van der Waals surface area contributed by atoms with Crippen LogP contribution < -0.4 is 9.47 Å². The first-order chi connectivity index (χ1) is 11.3. The van der Waals surface area contributed by atoms with Crippen molar-refractivity contribution in [3.05, 3.63) is 52.0 Å². The SMILES string of the molecule is COc1cc(Br)c(S(=O)(=O)N(C)Cc2ccccc2C)cc1OC. The number of rotatable bonds is 6. The molecule has 0 saturated carbocycles. The van der Waals surface area contributed by atoms with Crippen LogP contribution >= 0.6 is 15.9 Å². The fourth-order valence-electron chi connectivity index (χ4n) is 2.31. The van der Waals surface area contributed by atoms with Gasteiger partial charge in [0.15, 0.2) is 11.5 Å². The minimum atomic E-state index is -3.69. The van der Waals surface area contributed by atoms with Gasteiger partial charge in [-0.15, -0.1) is 0 Å². The highest BCUT2D eigenvalue weighted by atomic mass is 79.9. The van der Waals surface area contributed by atoms with E-state index in [0.29, 0.717) is 16.0 Å². The summed E-state index contributed by atoms with van der Waals surface area (Å²) in [5, 5.41) is 0. The summed E-state index contributed by atoms with van der Waals surface area (Å²) >= 11 is 3.31. The predicted octanol–water partition coefficient (Wildman–Crippen LogP) is 3.60. The van der Waals surface area contributed by atoms with Gasteiger partial charge in [-0.25, -0.2) is 8.42 Å². The average molecular weight is 414 g/mol. The average Bonchev–Trinajstić information content (AvgIpc) is 2.56. The number of methoxy groups -OCH3 is 2. The summed E-state index contributed by atoms with van der Waals surface area (Å²) in [6.07, 6.45) is 0. The molecule has 0 spiro atoms. The molecule has 0 saturated heterocycles. The molecule has 24 heavy (non-hydrogen) atoms. The molecule has 0 heterocycles. The Morgan fingerprint density at radius 2 is 1.67 bits per heavy atom. The van der Waals surface area contributed by atoms with E-state index in [-0.39, 0.29) is 11.4 Å². The lowest BCUT2D eigenvalue weighted by atomic mass is 10.1. The van der Waals surface area contributed by atoms with Crippen LogP contribution in [0.25, 0.3) is 0 Å². The highest BCUT2D eigenvalue weighted by Gasteiger charge is 2.26. The maximum absolute atomic E-state index is 12.9. The number of hydrogen-bond acceptors (Lipinski definition) is 4. The molecule has 0 unspecified atom stereocenters. The molecule has 0 aromatic heterocycles. The van der Waals surface area contributed by atoms with Crippen LogP contribution in [0.3, 0.4) is 0 Å². The van der Waals surface area contributed by atoms with Gasteiger partial charge >= 0.3 is 0 Å². The van der Waals surface area contributed by atoms with E-state index in [1.165, 1.54) is 24.6 Å². The zero-order chi connectivity index (χ0) is 17.9. The highest BCUT2D eigenvalue weighted by molar-refractivity contribution is 9.10. The summed E-state index contributed by atoms with van der Waals surface area (Å²) in [7, 11) is 0.843. The van der Waals surface area contributed by atoms with Gasteiger partial charge in [-0.2, -0.15) is 4.31 Å². The third-order valence-electron chi connectivity index (χ3n) is 3.78. The molecular formula is C17H20BrNO4S. The predicted molar refractivity (Wildman–Crippen MR) is 97.1 cm³/mol. The van der Waals surface area contributed by atoms with E-state index in [1.54, 1.807) is 13.1 Å². The van der Waals surface area contributed by atoms with Crippen LogP contribution in [0.1, 0.15) is 11.1 Å². The summed E-state index contributed by atoms with van der Waals surface area (Å²) in [5.41, 5.74) is 2.01. The van der Waals surface area contributed by atoms with E-state index < -0.39 is 10.0 Å². The molecule has 0 aliphatic heterocycles. The van der Waals surface area contributed by atoms with E-state index in [4.69, 9.17) is 9.47 Å². The zero-order valence-electron chi connectivity index (χ0n) is 14.0. The quantitative estimate of drug-likeness (QED) is 0.725. The van der Waals surface area contributed by atoms with Crippen LogP contribution in [0.5, 0.6) is 11.5 Å². The van der Waals surface area contributed by atoms with E-state index in [2.05, 4.69) is 15.9 Å². The molecule has 2 aromatic rings. The summed E-state index contributed by atoms with van der Waals surface area (Å²) in [6, 6.07) is 10.8. The van der Waals surface area contributed by atoms with E-state index >= 15 is 0 Å². The third-order valence-corrected chi connectivity index (χ3v) is 6.54. The second kappa shape index (κ2) is 7.55. The minimum Gasteiger partial charge on any atom is -0.493 e. The van der Waals surface area contributed by atoms with Gasteiger partial charge in [0.05, 0.1) is 14.2 Å². The first kappa shape index (κ1) is 18.8. The van der Waals surface area contributed by atoms with Crippen molar-refractivity contribution in [3.8, 4) is 11.5 Å². The summed E-state index contributed by atoms with van der Waals surface area (Å²) < 4.78 is 38.0. The molecule has 5 nitrogen and oxygen atoms in total. The number of hydrogen-bond donors (Lipinski definition) is 0. The number of ether oxygens (including phenoxy) is 2. The Balaban J connectivity index is 2.41. The largest absolute Gasteiger partial charge is 0.493 e. The number of halogens is 1. The van der Waals surface area contributed by atoms with Gasteiger partial charge in [0, 0.05) is 24.1 Å². The van der Waals surface area contributed by atoms with Crippen LogP contribution in [-0.2, 0) is 16.6 Å². The molecule has 0 amide bonds. The maximum atomic E-state index is 12.9. The van der Waals surface area contributed by atoms with Gasteiger partial charge < -0.3 is 9.47 Å². The number of benzene rings is 2. The highest BCUT2D eigenvalue weighted by Crippen LogP contribution is 2.36. The van der Waals surface area contributed by atoms with Crippen molar-refractivity contribution in [3.63, 3.8) is 0 Å². The van der Waals surface area contributed by atoms with Crippen molar-refractivity contribution < 1.29 is 17.9 Å². The van der Waals surface area contributed by atoms with Gasteiger partial charge in [-0.1, -0.05) is 24.3 Å². The van der Waals surface area contributed by atoms with Crippen molar-refractivity contribution in [2.45, 2.75) is 18.4 Å². The Labute approximate surface area is 151 Å². The number of nitrogens with zero attached hydrogens (tertiary/aromatic N) is 1. The van der Waals surface area contributed by atoms with Crippen LogP contribution in [-0.4, -0.2) is 34.0 Å². The fraction of sp³-hybridized carbons (Fsp3) is 0.294. The lowest BCUT2D eigenvalue weighted by Crippen LogP contribution is -2.27. The normalized spacial score (nSPS) is 11.6. The second-order valence-corrected chi connectivity index (χ2v) is 8.19. The molecule has 0 aliphatic rings. The third kappa shape index (κ3) is 3.74. The first-order valence-corrected chi connectivity index (χ1v) is 9.47. The van der Waals surface area contributed by atoms with E-state index in [0.717, 1.165) is 11.1 Å². The first-order valence-electron chi connectivity index (χ1n) is 7.23. The molecule has 0 radical (unpaired) electrons. The van der Waals surface area contributed by atoms with Gasteiger partial charge in [-0.05, 0) is 40.0 Å². The van der Waals surface area contributed by atoms with Gasteiger partial charge in [0.2, 0.25) is 10.0 Å². The van der Waals surface area contributed by atoms with Crippen LogP contribution in [0.15, 0.2) is 45.8 Å². The van der Waals surface area contributed by atoms with Gasteiger partial charge in [-0.3, -0.25) is 0 Å². The topological polar surface area (TPSA) is 55.8 Å². The van der Waals surface area contributed by atoms with Crippen LogP contribution in [0.2, 0.25) is 0 Å². The van der Waals surface area contributed by atoms with Gasteiger partial charge in [0.25, 0.3) is 0 Å². The van der Waals surface area contributed by atoms with Crippen molar-refractivity contribution in [1.29, 1.82) is 0 Å². The lowest BCUT2D eigenvalue weighted by Gasteiger charge is -2.20. The summed E-state index contributed by atoms with van der Waals surface area (Å²) in [6.45, 7) is 2.25. The second-order valence-electron chi connectivity index (χ2n) is 5.33. The standard InChI is InChI=1S/C17H20BrNO4S/c1-12-7-5-6-8-13(12)11-19(2)24(20,21)17-10-16(23-4)15(22-3)9-14(17)18/h5-10H,11H2,1-4H3. The van der Waals surface area contributed by atoms with Gasteiger partial charge in [0.1, 0.15) is 4.90 Å². The Morgan fingerprint density at radius 1 is 1.08 bits per heavy atom. The van der Waals surface area contributed by atoms with Crippen LogP contribution in [0.4, 0.5) is 0 Å². The molecule has 2 rings (SSSR count). The summed E-state index contributed by atoms with van der Waals surface area (Å²) in [5.74, 6) is 0.827. The Hall–Kier alpha value is -1.57. The van der Waals surface area contributed by atoms with Crippen molar-refractivity contribution in [2.75, 3.05) is 21.3 Å². The molecular weight excluding hydrogens is 394 g/mol. The molecule has 0 N–H and O–H groups in total. The molecule has 0 bridgehead atoms. The smallest absolute Gasteiger partial charge is 0.244 e. The molecule has 0 atom stereocenters. The lowest BCUT2D eigenvalue weighted by molar-refractivity contribution is 0.353. The zero-order valence-corrected chi connectivity index (χ0v) is 16.4. The van der Waals surface area contributed by atoms with E-state index in [9.17, 15) is 8.42 Å². The van der Waals surface area contributed by atoms with Crippen LogP contribution in [0, 0.1) is 6.92 Å². The molecule has 130 valence electrons. The molecule has 2 aromatic carbocycles. The summed E-state index contributed by atoms with van der Waals surface area (Å²) in [4.78, 5) is 0.135. The molecule has 7 heteroatoms. The monoisotopic (exact) mass is 413 g/mol. The Morgan fingerprint density at radius 3 is 2.25 bits per heavy atom. The van der Waals surface area contributed by atoms with E-state index in [1.807, 2.05) is 31.2 Å². The Kier molecular flexibility index (Phi) is 5.90. The van der Waals surface area contributed by atoms with Crippen molar-refractivity contribution in [1.82, 2.24) is 4.31 Å². The molecule has 0 fully saturated rings.